The van der Waals surface area contributed by atoms with Gasteiger partial charge < -0.3 is 9.84 Å². The van der Waals surface area contributed by atoms with Crippen molar-refractivity contribution in [2.75, 3.05) is 19.8 Å². The zero-order chi connectivity index (χ0) is 13.7. The first-order valence-electron chi connectivity index (χ1n) is 6.21. The van der Waals surface area contributed by atoms with Crippen LogP contribution in [0.4, 0.5) is 0 Å². The fourth-order valence-corrected chi connectivity index (χ4v) is 2.26. The molecule has 1 atom stereocenters. The van der Waals surface area contributed by atoms with E-state index in [1.807, 2.05) is 18.2 Å². The molecular weight excluding hydrogens is 244 g/mol. The van der Waals surface area contributed by atoms with Gasteiger partial charge in [-0.3, -0.25) is 9.69 Å². The standard InChI is InChI=1S/C14H16N2O3/c15-8-11-2-1-3-12(6-11)9-16-4-5-19-10-13(16)7-14(17)18/h1-3,6,13H,4-5,7,9-10H2,(H,17,18). The minimum Gasteiger partial charge on any atom is -0.481 e. The molecule has 1 unspecified atom stereocenters. The molecule has 100 valence electrons. The lowest BCUT2D eigenvalue weighted by Crippen LogP contribution is -2.45. The minimum atomic E-state index is -0.814. The molecule has 2 rings (SSSR count). The molecule has 5 heteroatoms. The van der Waals surface area contributed by atoms with Gasteiger partial charge in [0.25, 0.3) is 0 Å². The second-order valence-corrected chi connectivity index (χ2v) is 4.61. The highest BCUT2D eigenvalue weighted by atomic mass is 16.5. The lowest BCUT2D eigenvalue weighted by Gasteiger charge is -2.34. The Kier molecular flexibility index (Phi) is 4.50. The van der Waals surface area contributed by atoms with E-state index in [1.165, 1.54) is 0 Å². The van der Waals surface area contributed by atoms with Crippen molar-refractivity contribution in [2.24, 2.45) is 0 Å². The summed E-state index contributed by atoms with van der Waals surface area (Å²) >= 11 is 0. The summed E-state index contributed by atoms with van der Waals surface area (Å²) < 4.78 is 5.34. The predicted octanol–water partition coefficient (Wildman–Crippen LogP) is 1.23. The summed E-state index contributed by atoms with van der Waals surface area (Å²) in [6, 6.07) is 9.41. The average molecular weight is 260 g/mol. The van der Waals surface area contributed by atoms with Gasteiger partial charge in [0.05, 0.1) is 31.3 Å². The van der Waals surface area contributed by atoms with Crippen LogP contribution in [0.3, 0.4) is 0 Å². The van der Waals surface area contributed by atoms with Crippen molar-refractivity contribution in [3.05, 3.63) is 35.4 Å². The molecule has 0 bridgehead atoms. The van der Waals surface area contributed by atoms with Crippen molar-refractivity contribution in [1.82, 2.24) is 4.90 Å². The van der Waals surface area contributed by atoms with Crippen LogP contribution in [0.5, 0.6) is 0 Å². The Balaban J connectivity index is 2.06. The van der Waals surface area contributed by atoms with E-state index in [2.05, 4.69) is 11.0 Å². The van der Waals surface area contributed by atoms with Gasteiger partial charge in [0.2, 0.25) is 0 Å². The predicted molar refractivity (Wildman–Crippen MR) is 68.4 cm³/mol. The zero-order valence-corrected chi connectivity index (χ0v) is 10.6. The molecule has 5 nitrogen and oxygen atoms in total. The van der Waals surface area contributed by atoms with Gasteiger partial charge in [0, 0.05) is 19.1 Å². The Labute approximate surface area is 112 Å². The maximum atomic E-state index is 10.8. The molecule has 0 aromatic heterocycles. The van der Waals surface area contributed by atoms with Gasteiger partial charge in [-0.15, -0.1) is 0 Å². The largest absolute Gasteiger partial charge is 0.481 e. The minimum absolute atomic E-state index is 0.0813. The number of carboxylic acids is 1. The van der Waals surface area contributed by atoms with E-state index in [0.29, 0.717) is 31.9 Å². The molecule has 0 aliphatic carbocycles. The van der Waals surface area contributed by atoms with Gasteiger partial charge in [-0.1, -0.05) is 12.1 Å². The zero-order valence-electron chi connectivity index (χ0n) is 10.6. The summed E-state index contributed by atoms with van der Waals surface area (Å²) in [5.41, 5.74) is 1.65. The molecule has 1 fully saturated rings. The first kappa shape index (κ1) is 13.5. The van der Waals surface area contributed by atoms with Gasteiger partial charge in [-0.05, 0) is 17.7 Å². The maximum Gasteiger partial charge on any atom is 0.305 e. The number of carboxylic acid groups (broad SMARTS) is 1. The van der Waals surface area contributed by atoms with Gasteiger partial charge in [-0.2, -0.15) is 5.26 Å². The number of nitrogens with zero attached hydrogens (tertiary/aromatic N) is 2. The smallest absolute Gasteiger partial charge is 0.305 e. The van der Waals surface area contributed by atoms with Crippen LogP contribution in [0.25, 0.3) is 0 Å². The van der Waals surface area contributed by atoms with Crippen molar-refractivity contribution in [1.29, 1.82) is 5.26 Å². The topological polar surface area (TPSA) is 73.6 Å². The van der Waals surface area contributed by atoms with Gasteiger partial charge in [0.1, 0.15) is 0 Å². The van der Waals surface area contributed by atoms with Crippen LogP contribution in [0.1, 0.15) is 17.5 Å². The summed E-state index contributed by atoms with van der Waals surface area (Å²) in [7, 11) is 0. The van der Waals surface area contributed by atoms with Crippen LogP contribution in [-0.2, 0) is 16.1 Å². The highest BCUT2D eigenvalue weighted by Crippen LogP contribution is 2.15. The van der Waals surface area contributed by atoms with E-state index in [4.69, 9.17) is 15.1 Å². The fraction of sp³-hybridized carbons (Fsp3) is 0.429. The number of morpholine rings is 1. The van der Waals surface area contributed by atoms with Gasteiger partial charge >= 0.3 is 5.97 Å². The van der Waals surface area contributed by atoms with E-state index in [0.717, 1.165) is 5.56 Å². The molecule has 1 aromatic rings. The number of carbonyl (C=O) groups is 1. The fourth-order valence-electron chi connectivity index (χ4n) is 2.26. The van der Waals surface area contributed by atoms with Crippen LogP contribution in [0.15, 0.2) is 24.3 Å². The molecule has 1 aliphatic rings. The van der Waals surface area contributed by atoms with E-state index >= 15 is 0 Å². The molecule has 1 aliphatic heterocycles. The second kappa shape index (κ2) is 6.32. The molecule has 0 amide bonds. The summed E-state index contributed by atoms with van der Waals surface area (Å²) in [5, 5.41) is 17.8. The van der Waals surface area contributed by atoms with E-state index in [1.54, 1.807) is 6.07 Å². The third kappa shape index (κ3) is 3.78. The molecule has 0 saturated carbocycles. The van der Waals surface area contributed by atoms with Crippen LogP contribution in [0, 0.1) is 11.3 Å². The monoisotopic (exact) mass is 260 g/mol. The molecule has 0 radical (unpaired) electrons. The van der Waals surface area contributed by atoms with Crippen LogP contribution in [0.2, 0.25) is 0 Å². The van der Waals surface area contributed by atoms with Crippen LogP contribution in [-0.4, -0.2) is 41.8 Å². The number of hydrogen-bond donors (Lipinski definition) is 1. The Morgan fingerprint density at radius 2 is 2.42 bits per heavy atom. The van der Waals surface area contributed by atoms with Crippen molar-refractivity contribution < 1.29 is 14.6 Å². The molecule has 0 spiro atoms. The summed E-state index contributed by atoms with van der Waals surface area (Å²) in [4.78, 5) is 12.9. The quantitative estimate of drug-likeness (QED) is 0.881. The molecule has 1 saturated heterocycles. The summed E-state index contributed by atoms with van der Waals surface area (Å²) in [5.74, 6) is -0.814. The Bertz CT molecular complexity index is 496. The number of hydrogen-bond acceptors (Lipinski definition) is 4. The Morgan fingerprint density at radius 1 is 1.58 bits per heavy atom. The number of benzene rings is 1. The lowest BCUT2D eigenvalue weighted by atomic mass is 10.1. The van der Waals surface area contributed by atoms with Crippen molar-refractivity contribution in [3.63, 3.8) is 0 Å². The highest BCUT2D eigenvalue weighted by molar-refractivity contribution is 5.67. The van der Waals surface area contributed by atoms with Crippen molar-refractivity contribution in [2.45, 2.75) is 19.0 Å². The third-order valence-electron chi connectivity index (χ3n) is 3.20. The van der Waals surface area contributed by atoms with Gasteiger partial charge in [0.15, 0.2) is 0 Å². The van der Waals surface area contributed by atoms with E-state index in [-0.39, 0.29) is 12.5 Å². The normalized spacial score (nSPS) is 19.8. The average Bonchev–Trinajstić information content (AvgIpc) is 2.41. The summed E-state index contributed by atoms with van der Waals surface area (Å²) in [6.07, 6.45) is 0.0813. The molecule has 1 aromatic carbocycles. The SMILES string of the molecule is N#Cc1cccc(CN2CCOCC2CC(=O)O)c1. The molecular formula is C14H16N2O3. The summed E-state index contributed by atoms with van der Waals surface area (Å²) in [6.45, 7) is 2.43. The lowest BCUT2D eigenvalue weighted by molar-refractivity contribution is -0.140. The number of ether oxygens (including phenoxy) is 1. The first-order valence-corrected chi connectivity index (χ1v) is 6.21. The third-order valence-corrected chi connectivity index (χ3v) is 3.20. The molecule has 1 heterocycles. The second-order valence-electron chi connectivity index (χ2n) is 4.61. The molecule has 1 N–H and O–H groups in total. The first-order chi connectivity index (χ1) is 9.19. The Hall–Kier alpha value is -1.90. The van der Waals surface area contributed by atoms with Crippen molar-refractivity contribution >= 4 is 5.97 Å². The maximum absolute atomic E-state index is 10.8. The number of aliphatic carboxylic acids is 1. The van der Waals surface area contributed by atoms with Gasteiger partial charge in [-0.25, -0.2) is 0 Å². The Morgan fingerprint density at radius 3 is 3.16 bits per heavy atom. The van der Waals surface area contributed by atoms with Crippen molar-refractivity contribution in [3.8, 4) is 6.07 Å². The molecule has 19 heavy (non-hydrogen) atoms. The van der Waals surface area contributed by atoms with Crippen LogP contribution >= 0.6 is 0 Å². The highest BCUT2D eigenvalue weighted by Gasteiger charge is 2.25. The van der Waals surface area contributed by atoms with E-state index < -0.39 is 5.97 Å². The number of nitriles is 1. The number of rotatable bonds is 4. The van der Waals surface area contributed by atoms with Crippen LogP contribution < -0.4 is 0 Å². The van der Waals surface area contributed by atoms with E-state index in [9.17, 15) is 4.79 Å².